The van der Waals surface area contributed by atoms with Crippen LogP contribution in [0.2, 0.25) is 0 Å². The molecule has 0 heterocycles. The van der Waals surface area contributed by atoms with E-state index < -0.39 is 17.1 Å². The Kier molecular flexibility index (Phi) is 7.10. The maximum absolute atomic E-state index is 10.6. The van der Waals surface area contributed by atoms with E-state index in [1.807, 2.05) is 7.05 Å². The van der Waals surface area contributed by atoms with E-state index in [9.17, 15) is 20.3 Å². The topological polar surface area (TPSA) is 108 Å². The van der Waals surface area contributed by atoms with E-state index in [0.717, 1.165) is 13.0 Å². The van der Waals surface area contributed by atoms with E-state index in [1.54, 1.807) is 0 Å². The van der Waals surface area contributed by atoms with Crippen LogP contribution >= 0.6 is 0 Å². The number of nitro benzene ring substituents is 1. The van der Waals surface area contributed by atoms with Gasteiger partial charge in [-0.2, -0.15) is 0 Å². The van der Waals surface area contributed by atoms with Gasteiger partial charge in [0.25, 0.3) is 5.69 Å². The lowest BCUT2D eigenvalue weighted by atomic mass is 10.0. The van der Waals surface area contributed by atoms with Crippen molar-refractivity contribution in [3.63, 3.8) is 0 Å². The van der Waals surface area contributed by atoms with Crippen molar-refractivity contribution in [2.45, 2.75) is 18.6 Å². The molecule has 0 amide bonds. The van der Waals surface area contributed by atoms with E-state index in [-0.39, 0.29) is 12.3 Å². The first-order valence-electron chi connectivity index (χ1n) is 6.51. The van der Waals surface area contributed by atoms with Crippen molar-refractivity contribution in [2.75, 3.05) is 26.7 Å². The minimum atomic E-state index is -0.907. The number of benzene rings is 1. The van der Waals surface area contributed by atoms with Crippen LogP contribution in [0.4, 0.5) is 5.69 Å². The van der Waals surface area contributed by atoms with Crippen molar-refractivity contribution in [3.8, 4) is 0 Å². The van der Waals surface area contributed by atoms with Crippen molar-refractivity contribution in [1.82, 2.24) is 10.6 Å². The molecule has 0 saturated carbocycles. The van der Waals surface area contributed by atoms with Crippen LogP contribution in [0.3, 0.4) is 0 Å². The van der Waals surface area contributed by atoms with Gasteiger partial charge in [-0.3, -0.25) is 10.1 Å². The first-order valence-corrected chi connectivity index (χ1v) is 6.51. The average Bonchev–Trinajstić information content (AvgIpc) is 2.47. The van der Waals surface area contributed by atoms with Crippen LogP contribution in [0.1, 0.15) is 18.1 Å². The van der Waals surface area contributed by atoms with Crippen molar-refractivity contribution >= 4 is 5.69 Å². The summed E-state index contributed by atoms with van der Waals surface area (Å²) in [6, 6.07) is 5.19. The summed E-state index contributed by atoms with van der Waals surface area (Å²) in [5.41, 5.74) is 0.513. The summed E-state index contributed by atoms with van der Waals surface area (Å²) in [6.45, 7) is 1.30. The molecule has 0 saturated heterocycles. The highest BCUT2D eigenvalue weighted by molar-refractivity contribution is 5.34. The van der Waals surface area contributed by atoms with Gasteiger partial charge in [-0.15, -0.1) is 0 Å². The molecule has 4 N–H and O–H groups in total. The highest BCUT2D eigenvalue weighted by Gasteiger charge is 2.20. The van der Waals surface area contributed by atoms with Crippen molar-refractivity contribution < 1.29 is 15.1 Å². The monoisotopic (exact) mass is 283 g/mol. The highest BCUT2D eigenvalue weighted by Crippen LogP contribution is 2.20. The third-order valence-corrected chi connectivity index (χ3v) is 3.03. The second-order valence-electron chi connectivity index (χ2n) is 4.49. The molecule has 0 aliphatic carbocycles. The molecular weight excluding hydrogens is 262 g/mol. The Balaban J connectivity index is 2.60. The number of nitro groups is 1. The Bertz CT molecular complexity index is 411. The van der Waals surface area contributed by atoms with Crippen LogP contribution in [0.15, 0.2) is 24.3 Å². The molecule has 1 aromatic carbocycles. The summed E-state index contributed by atoms with van der Waals surface area (Å²) in [6.07, 6.45) is -0.0321. The smallest absolute Gasteiger partial charge is 0.269 e. The maximum Gasteiger partial charge on any atom is 0.269 e. The molecule has 2 atom stereocenters. The van der Waals surface area contributed by atoms with Gasteiger partial charge in [0.2, 0.25) is 0 Å². The quantitative estimate of drug-likeness (QED) is 0.293. The van der Waals surface area contributed by atoms with Crippen molar-refractivity contribution in [3.05, 3.63) is 39.9 Å². The van der Waals surface area contributed by atoms with Gasteiger partial charge >= 0.3 is 0 Å². The summed E-state index contributed by atoms with van der Waals surface area (Å²) in [5.74, 6) is 0. The number of nitrogens with one attached hydrogen (secondary N) is 2. The predicted octanol–water partition coefficient (Wildman–Crippen LogP) is 0.188. The van der Waals surface area contributed by atoms with Gasteiger partial charge < -0.3 is 20.8 Å². The fourth-order valence-electron chi connectivity index (χ4n) is 1.85. The normalized spacial score (nSPS) is 13.9. The molecule has 112 valence electrons. The number of aliphatic hydroxyl groups is 2. The fourth-order valence-corrected chi connectivity index (χ4v) is 1.85. The number of aliphatic hydroxyl groups excluding tert-OH is 2. The molecule has 0 aliphatic rings. The molecule has 7 heteroatoms. The second-order valence-corrected chi connectivity index (χ2v) is 4.49. The molecule has 1 aromatic rings. The Morgan fingerprint density at radius 1 is 1.30 bits per heavy atom. The van der Waals surface area contributed by atoms with Crippen LogP contribution in [0, 0.1) is 10.1 Å². The van der Waals surface area contributed by atoms with Gasteiger partial charge in [0.15, 0.2) is 0 Å². The predicted molar refractivity (Wildman–Crippen MR) is 75.5 cm³/mol. The van der Waals surface area contributed by atoms with Crippen LogP contribution in [-0.2, 0) is 0 Å². The number of rotatable bonds is 9. The van der Waals surface area contributed by atoms with E-state index >= 15 is 0 Å². The fraction of sp³-hybridized carbons (Fsp3) is 0.538. The maximum atomic E-state index is 10.6. The number of hydrogen-bond acceptors (Lipinski definition) is 6. The summed E-state index contributed by atoms with van der Waals surface area (Å²) >= 11 is 0. The average molecular weight is 283 g/mol. The van der Waals surface area contributed by atoms with E-state index in [1.165, 1.54) is 24.3 Å². The number of nitrogens with zero attached hydrogens (tertiary/aromatic N) is 1. The molecule has 20 heavy (non-hydrogen) atoms. The lowest BCUT2D eigenvalue weighted by molar-refractivity contribution is -0.384. The lowest BCUT2D eigenvalue weighted by Gasteiger charge is -2.22. The number of hydrogen-bond donors (Lipinski definition) is 4. The van der Waals surface area contributed by atoms with E-state index in [2.05, 4.69) is 10.6 Å². The van der Waals surface area contributed by atoms with Crippen LogP contribution in [-0.4, -0.2) is 47.9 Å². The highest BCUT2D eigenvalue weighted by atomic mass is 16.6. The molecule has 0 spiro atoms. The van der Waals surface area contributed by atoms with Gasteiger partial charge in [-0.05, 0) is 44.3 Å². The zero-order valence-electron chi connectivity index (χ0n) is 11.5. The summed E-state index contributed by atoms with van der Waals surface area (Å²) in [7, 11) is 1.86. The Hall–Kier alpha value is -1.54. The third-order valence-electron chi connectivity index (χ3n) is 3.03. The van der Waals surface area contributed by atoms with Crippen LogP contribution in [0.25, 0.3) is 0 Å². The van der Waals surface area contributed by atoms with Crippen LogP contribution < -0.4 is 10.6 Å². The molecule has 0 unspecified atom stereocenters. The minimum absolute atomic E-state index is 0.0246. The standard InChI is InChI=1S/C13H21N3O4/c1-14-7-2-8-15-12(9-17)13(18)10-3-5-11(6-4-10)16(19)20/h3-6,12-15,17-18H,2,7-9H2,1H3/t12-,13-/m1/s1. The minimum Gasteiger partial charge on any atom is -0.395 e. The molecule has 0 bridgehead atoms. The molecular formula is C13H21N3O4. The largest absolute Gasteiger partial charge is 0.395 e. The lowest BCUT2D eigenvalue weighted by Crippen LogP contribution is -2.39. The van der Waals surface area contributed by atoms with Gasteiger partial charge in [-0.1, -0.05) is 0 Å². The molecule has 0 aromatic heterocycles. The van der Waals surface area contributed by atoms with Gasteiger partial charge in [-0.25, -0.2) is 0 Å². The van der Waals surface area contributed by atoms with Crippen LogP contribution in [0.5, 0.6) is 0 Å². The third kappa shape index (κ3) is 4.86. The van der Waals surface area contributed by atoms with E-state index in [4.69, 9.17) is 0 Å². The zero-order valence-corrected chi connectivity index (χ0v) is 11.5. The number of non-ortho nitro benzene ring substituents is 1. The first-order chi connectivity index (χ1) is 9.60. The first kappa shape index (κ1) is 16.5. The SMILES string of the molecule is CNCCCN[C@H](CO)[C@H](O)c1ccc([N+](=O)[O-])cc1. The van der Waals surface area contributed by atoms with Gasteiger partial charge in [0, 0.05) is 12.1 Å². The van der Waals surface area contributed by atoms with Crippen molar-refractivity contribution in [2.24, 2.45) is 0 Å². The Labute approximate surface area is 117 Å². The molecule has 0 fully saturated rings. The summed E-state index contributed by atoms with van der Waals surface area (Å²) < 4.78 is 0. The van der Waals surface area contributed by atoms with Gasteiger partial charge in [0.05, 0.1) is 23.7 Å². The second kappa shape index (κ2) is 8.60. The van der Waals surface area contributed by atoms with Gasteiger partial charge in [0.1, 0.15) is 0 Å². The molecule has 1 rings (SSSR count). The Morgan fingerprint density at radius 3 is 2.45 bits per heavy atom. The summed E-state index contributed by atoms with van der Waals surface area (Å²) in [4.78, 5) is 10.1. The molecule has 0 radical (unpaired) electrons. The molecule has 7 nitrogen and oxygen atoms in total. The molecule has 0 aliphatic heterocycles. The van der Waals surface area contributed by atoms with E-state index in [0.29, 0.717) is 12.1 Å². The Morgan fingerprint density at radius 2 is 1.95 bits per heavy atom. The van der Waals surface area contributed by atoms with Crippen molar-refractivity contribution in [1.29, 1.82) is 0 Å². The summed E-state index contributed by atoms with van der Waals surface area (Å²) in [5, 5.41) is 36.1. The zero-order chi connectivity index (χ0) is 15.0.